The third-order valence-corrected chi connectivity index (χ3v) is 2.46. The summed E-state index contributed by atoms with van der Waals surface area (Å²) >= 11 is 0. The molecule has 0 fully saturated rings. The lowest BCUT2D eigenvalue weighted by Gasteiger charge is -2.08. The first-order valence-corrected chi connectivity index (χ1v) is 6.44. The number of aryl methyl sites for hydroxylation is 1. The predicted molar refractivity (Wildman–Crippen MR) is 72.0 cm³/mol. The average molecular weight is 253 g/mol. The second-order valence-corrected chi connectivity index (χ2v) is 3.86. The van der Waals surface area contributed by atoms with E-state index in [9.17, 15) is 0 Å². The molecule has 0 aromatic heterocycles. The Morgan fingerprint density at radius 2 is 1.50 bits per heavy atom. The van der Waals surface area contributed by atoms with Gasteiger partial charge in [0.25, 0.3) is 0 Å². The molecule has 0 unspecified atom stereocenters. The molecule has 1 rings (SSSR count). The standard InChI is InChI=1S/C14H23NO3/c1-2-13-3-5-14(6-4-13)18-12-11-17-10-9-16-8-7-15/h3-6H,2,7-12,15H2,1H3. The van der Waals surface area contributed by atoms with Crippen LogP contribution in [0.4, 0.5) is 0 Å². The van der Waals surface area contributed by atoms with E-state index in [1.54, 1.807) is 0 Å². The molecule has 0 saturated carbocycles. The Morgan fingerprint density at radius 3 is 2.11 bits per heavy atom. The van der Waals surface area contributed by atoms with Crippen LogP contribution in [-0.2, 0) is 15.9 Å². The van der Waals surface area contributed by atoms with Crippen LogP contribution in [0, 0.1) is 0 Å². The van der Waals surface area contributed by atoms with Gasteiger partial charge in [0.05, 0.1) is 26.4 Å². The first-order chi connectivity index (χ1) is 8.86. The quantitative estimate of drug-likeness (QED) is 0.644. The minimum atomic E-state index is 0.552. The zero-order valence-electron chi connectivity index (χ0n) is 11.1. The van der Waals surface area contributed by atoms with E-state index in [-0.39, 0.29) is 0 Å². The molecule has 4 nitrogen and oxygen atoms in total. The van der Waals surface area contributed by atoms with Crippen molar-refractivity contribution < 1.29 is 14.2 Å². The fourth-order valence-corrected chi connectivity index (χ4v) is 1.45. The van der Waals surface area contributed by atoms with Crippen LogP contribution in [0.25, 0.3) is 0 Å². The van der Waals surface area contributed by atoms with Gasteiger partial charge in [0.2, 0.25) is 0 Å². The molecule has 0 amide bonds. The molecule has 102 valence electrons. The Labute approximate surface area is 109 Å². The van der Waals surface area contributed by atoms with Crippen molar-refractivity contribution in [3.63, 3.8) is 0 Å². The average Bonchev–Trinajstić information content (AvgIpc) is 2.42. The summed E-state index contributed by atoms with van der Waals surface area (Å²) in [6.45, 7) is 5.57. The van der Waals surface area contributed by atoms with Crippen LogP contribution in [0.2, 0.25) is 0 Å². The Morgan fingerprint density at radius 1 is 0.889 bits per heavy atom. The molecule has 0 aliphatic heterocycles. The fourth-order valence-electron chi connectivity index (χ4n) is 1.45. The van der Waals surface area contributed by atoms with Gasteiger partial charge in [-0.25, -0.2) is 0 Å². The summed E-state index contributed by atoms with van der Waals surface area (Å²) < 4.78 is 16.1. The normalized spacial score (nSPS) is 10.6. The zero-order chi connectivity index (χ0) is 13.1. The molecule has 0 spiro atoms. The highest BCUT2D eigenvalue weighted by molar-refractivity contribution is 5.27. The third kappa shape index (κ3) is 6.59. The summed E-state index contributed by atoms with van der Waals surface area (Å²) in [5, 5.41) is 0. The van der Waals surface area contributed by atoms with Crippen molar-refractivity contribution in [3.05, 3.63) is 29.8 Å². The fraction of sp³-hybridized carbons (Fsp3) is 0.571. The summed E-state index contributed by atoms with van der Waals surface area (Å²) in [5.41, 5.74) is 6.61. The Kier molecular flexibility index (Phi) is 8.21. The van der Waals surface area contributed by atoms with Gasteiger partial charge in [-0.1, -0.05) is 19.1 Å². The number of ether oxygens (including phenoxy) is 3. The molecule has 0 saturated heterocycles. The largest absolute Gasteiger partial charge is 0.491 e. The van der Waals surface area contributed by atoms with Crippen molar-refractivity contribution in [2.75, 3.05) is 39.6 Å². The van der Waals surface area contributed by atoms with Crippen LogP contribution in [0.3, 0.4) is 0 Å². The molecule has 0 atom stereocenters. The first-order valence-electron chi connectivity index (χ1n) is 6.44. The Bertz CT molecular complexity index is 300. The second-order valence-electron chi connectivity index (χ2n) is 3.86. The van der Waals surface area contributed by atoms with Crippen molar-refractivity contribution >= 4 is 0 Å². The van der Waals surface area contributed by atoms with Crippen LogP contribution >= 0.6 is 0 Å². The Balaban J connectivity index is 2.00. The highest BCUT2D eigenvalue weighted by atomic mass is 16.5. The maximum Gasteiger partial charge on any atom is 0.119 e. The van der Waals surface area contributed by atoms with Crippen LogP contribution < -0.4 is 10.5 Å². The lowest BCUT2D eigenvalue weighted by atomic mass is 10.2. The summed E-state index contributed by atoms with van der Waals surface area (Å²) in [4.78, 5) is 0. The highest BCUT2D eigenvalue weighted by Crippen LogP contribution is 2.12. The van der Waals surface area contributed by atoms with E-state index in [0.717, 1.165) is 12.2 Å². The van der Waals surface area contributed by atoms with Gasteiger partial charge < -0.3 is 19.9 Å². The van der Waals surface area contributed by atoms with Gasteiger partial charge in [-0.05, 0) is 24.1 Å². The molecule has 4 heteroatoms. The molecule has 0 aliphatic carbocycles. The van der Waals surface area contributed by atoms with Crippen molar-refractivity contribution in [1.29, 1.82) is 0 Å². The van der Waals surface area contributed by atoms with Crippen molar-refractivity contribution in [2.24, 2.45) is 5.73 Å². The number of benzene rings is 1. The predicted octanol–water partition coefficient (Wildman–Crippen LogP) is 1.62. The van der Waals surface area contributed by atoms with E-state index in [1.807, 2.05) is 12.1 Å². The SMILES string of the molecule is CCc1ccc(OCCOCCOCCN)cc1. The highest BCUT2D eigenvalue weighted by Gasteiger charge is 1.94. The van der Waals surface area contributed by atoms with Crippen LogP contribution in [0.15, 0.2) is 24.3 Å². The van der Waals surface area contributed by atoms with Crippen LogP contribution in [0.5, 0.6) is 5.75 Å². The molecule has 18 heavy (non-hydrogen) atoms. The smallest absolute Gasteiger partial charge is 0.119 e. The van der Waals surface area contributed by atoms with Crippen molar-refractivity contribution in [2.45, 2.75) is 13.3 Å². The van der Waals surface area contributed by atoms with Gasteiger partial charge in [-0.15, -0.1) is 0 Å². The lowest BCUT2D eigenvalue weighted by Crippen LogP contribution is -2.14. The van der Waals surface area contributed by atoms with Crippen LogP contribution in [0.1, 0.15) is 12.5 Å². The molecule has 0 bridgehead atoms. The zero-order valence-corrected chi connectivity index (χ0v) is 11.1. The molecule has 0 aliphatic rings. The van der Waals surface area contributed by atoms with Gasteiger partial charge in [0, 0.05) is 6.54 Å². The molecule has 1 aromatic rings. The van der Waals surface area contributed by atoms with E-state index in [1.165, 1.54) is 5.56 Å². The minimum Gasteiger partial charge on any atom is -0.491 e. The number of rotatable bonds is 10. The van der Waals surface area contributed by atoms with Crippen LogP contribution in [-0.4, -0.2) is 39.6 Å². The first kappa shape index (κ1) is 15.0. The van der Waals surface area contributed by atoms with E-state index >= 15 is 0 Å². The van der Waals surface area contributed by atoms with Crippen molar-refractivity contribution in [1.82, 2.24) is 0 Å². The maximum absolute atomic E-state index is 5.55. The summed E-state index contributed by atoms with van der Waals surface area (Å²) in [6.07, 6.45) is 1.05. The number of hydrogen-bond donors (Lipinski definition) is 1. The molecule has 1 aromatic carbocycles. The van der Waals surface area contributed by atoms with E-state index < -0.39 is 0 Å². The third-order valence-electron chi connectivity index (χ3n) is 2.46. The molecular weight excluding hydrogens is 230 g/mol. The van der Waals surface area contributed by atoms with Gasteiger partial charge in [-0.3, -0.25) is 0 Å². The summed E-state index contributed by atoms with van der Waals surface area (Å²) in [7, 11) is 0. The topological polar surface area (TPSA) is 53.7 Å². The maximum atomic E-state index is 5.55. The summed E-state index contributed by atoms with van der Waals surface area (Å²) in [6, 6.07) is 8.14. The van der Waals surface area contributed by atoms with Gasteiger partial charge >= 0.3 is 0 Å². The van der Waals surface area contributed by atoms with Gasteiger partial charge in [0.1, 0.15) is 12.4 Å². The van der Waals surface area contributed by atoms with E-state index in [2.05, 4.69) is 19.1 Å². The number of hydrogen-bond acceptors (Lipinski definition) is 4. The van der Waals surface area contributed by atoms with Gasteiger partial charge in [-0.2, -0.15) is 0 Å². The van der Waals surface area contributed by atoms with E-state index in [4.69, 9.17) is 19.9 Å². The lowest BCUT2D eigenvalue weighted by molar-refractivity contribution is 0.0388. The van der Waals surface area contributed by atoms with Crippen molar-refractivity contribution in [3.8, 4) is 5.75 Å². The summed E-state index contributed by atoms with van der Waals surface area (Å²) in [5.74, 6) is 0.884. The molecule has 2 N–H and O–H groups in total. The van der Waals surface area contributed by atoms with Gasteiger partial charge in [0.15, 0.2) is 0 Å². The number of nitrogens with two attached hydrogens (primary N) is 1. The monoisotopic (exact) mass is 253 g/mol. The molecule has 0 heterocycles. The molecular formula is C14H23NO3. The minimum absolute atomic E-state index is 0.552. The van der Waals surface area contributed by atoms with E-state index in [0.29, 0.717) is 39.6 Å². The molecule has 0 radical (unpaired) electrons. The Hall–Kier alpha value is -1.10. The second kappa shape index (κ2) is 9.88.